The van der Waals surface area contributed by atoms with Gasteiger partial charge in [0, 0.05) is 39.1 Å². The minimum atomic E-state index is 0.0185. The molecule has 4 nitrogen and oxygen atoms in total. The zero-order valence-electron chi connectivity index (χ0n) is 12.2. The van der Waals surface area contributed by atoms with E-state index in [4.69, 9.17) is 0 Å². The Balaban J connectivity index is 1.75. The standard InChI is InChI=1S/C16H22N4/c1-16(14-6-4-3-5-7-14)13-20(11-9-18-16)12-15-17-8-10-19(15)2/h3-8,10,18H,9,11-13H2,1-2H3. The van der Waals surface area contributed by atoms with E-state index < -0.39 is 0 Å². The summed E-state index contributed by atoms with van der Waals surface area (Å²) in [5, 5.41) is 3.67. The number of piperazine rings is 1. The molecule has 1 unspecified atom stereocenters. The van der Waals surface area contributed by atoms with Gasteiger partial charge in [0.15, 0.2) is 0 Å². The number of nitrogens with one attached hydrogen (secondary N) is 1. The van der Waals surface area contributed by atoms with Crippen LogP contribution in [0.15, 0.2) is 42.7 Å². The Hall–Kier alpha value is -1.65. The number of rotatable bonds is 3. The molecule has 0 amide bonds. The van der Waals surface area contributed by atoms with Crippen LogP contribution in [-0.2, 0) is 19.1 Å². The quantitative estimate of drug-likeness (QED) is 0.922. The molecule has 1 aromatic heterocycles. The van der Waals surface area contributed by atoms with Crippen LogP contribution >= 0.6 is 0 Å². The van der Waals surface area contributed by atoms with Gasteiger partial charge in [-0.3, -0.25) is 4.90 Å². The Morgan fingerprint density at radius 1 is 1.30 bits per heavy atom. The Labute approximate surface area is 120 Å². The molecule has 0 aliphatic carbocycles. The minimum Gasteiger partial charge on any atom is -0.337 e. The third-order valence-electron chi connectivity index (χ3n) is 4.18. The lowest BCUT2D eigenvalue weighted by Gasteiger charge is -2.41. The lowest BCUT2D eigenvalue weighted by Crippen LogP contribution is -2.56. The van der Waals surface area contributed by atoms with Crippen molar-refractivity contribution in [3.8, 4) is 0 Å². The topological polar surface area (TPSA) is 33.1 Å². The number of imidazole rings is 1. The van der Waals surface area contributed by atoms with Gasteiger partial charge in [-0.25, -0.2) is 4.98 Å². The van der Waals surface area contributed by atoms with Gasteiger partial charge in [-0.2, -0.15) is 0 Å². The molecule has 0 bridgehead atoms. The summed E-state index contributed by atoms with van der Waals surface area (Å²) >= 11 is 0. The van der Waals surface area contributed by atoms with Crippen LogP contribution in [0.3, 0.4) is 0 Å². The second-order valence-electron chi connectivity index (χ2n) is 5.79. The summed E-state index contributed by atoms with van der Waals surface area (Å²) < 4.78 is 2.10. The van der Waals surface area contributed by atoms with E-state index in [1.165, 1.54) is 5.56 Å². The van der Waals surface area contributed by atoms with Crippen molar-refractivity contribution in [3.63, 3.8) is 0 Å². The molecule has 20 heavy (non-hydrogen) atoms. The van der Waals surface area contributed by atoms with Crippen LogP contribution in [0.25, 0.3) is 0 Å². The molecular formula is C16H22N4. The van der Waals surface area contributed by atoms with Gasteiger partial charge in [-0.15, -0.1) is 0 Å². The molecular weight excluding hydrogens is 248 g/mol. The lowest BCUT2D eigenvalue weighted by molar-refractivity contribution is 0.133. The molecule has 2 aromatic rings. The molecule has 4 heteroatoms. The van der Waals surface area contributed by atoms with Gasteiger partial charge in [0.05, 0.1) is 12.1 Å². The van der Waals surface area contributed by atoms with Crippen LogP contribution in [-0.4, -0.2) is 34.1 Å². The van der Waals surface area contributed by atoms with E-state index in [1.807, 2.05) is 12.4 Å². The first-order valence-corrected chi connectivity index (χ1v) is 7.16. The van der Waals surface area contributed by atoms with Crippen molar-refractivity contribution in [3.05, 3.63) is 54.1 Å². The number of hydrogen-bond donors (Lipinski definition) is 1. The second-order valence-corrected chi connectivity index (χ2v) is 5.79. The smallest absolute Gasteiger partial charge is 0.122 e. The maximum absolute atomic E-state index is 4.43. The molecule has 1 saturated heterocycles. The Morgan fingerprint density at radius 2 is 2.10 bits per heavy atom. The van der Waals surface area contributed by atoms with Gasteiger partial charge in [0.1, 0.15) is 5.82 Å². The monoisotopic (exact) mass is 270 g/mol. The summed E-state index contributed by atoms with van der Waals surface area (Å²) in [5.41, 5.74) is 1.37. The first-order valence-electron chi connectivity index (χ1n) is 7.16. The van der Waals surface area contributed by atoms with Gasteiger partial charge in [0.25, 0.3) is 0 Å². The van der Waals surface area contributed by atoms with E-state index in [0.29, 0.717) is 0 Å². The van der Waals surface area contributed by atoms with Crippen molar-refractivity contribution in [1.82, 2.24) is 19.8 Å². The largest absolute Gasteiger partial charge is 0.337 e. The summed E-state index contributed by atoms with van der Waals surface area (Å²) in [4.78, 5) is 6.91. The molecule has 1 atom stereocenters. The Kier molecular flexibility index (Phi) is 3.59. The number of benzene rings is 1. The van der Waals surface area contributed by atoms with Crippen molar-refractivity contribution >= 4 is 0 Å². The predicted octanol–water partition coefficient (Wildman–Crippen LogP) is 1.74. The molecule has 106 valence electrons. The van der Waals surface area contributed by atoms with Crippen LogP contribution in [0.4, 0.5) is 0 Å². The summed E-state index contributed by atoms with van der Waals surface area (Å²) in [7, 11) is 2.06. The molecule has 1 fully saturated rings. The van der Waals surface area contributed by atoms with Crippen LogP contribution in [0, 0.1) is 0 Å². The Bertz CT molecular complexity index is 563. The molecule has 1 aliphatic rings. The summed E-state index contributed by atoms with van der Waals surface area (Å²) in [6.45, 7) is 6.27. The number of nitrogens with zero attached hydrogens (tertiary/aromatic N) is 3. The van der Waals surface area contributed by atoms with Crippen molar-refractivity contribution in [2.24, 2.45) is 7.05 Å². The highest BCUT2D eigenvalue weighted by Crippen LogP contribution is 2.24. The highest BCUT2D eigenvalue weighted by Gasteiger charge is 2.32. The zero-order chi connectivity index (χ0) is 14.0. The van der Waals surface area contributed by atoms with Crippen molar-refractivity contribution in [2.45, 2.75) is 19.0 Å². The summed E-state index contributed by atoms with van der Waals surface area (Å²) in [6.07, 6.45) is 3.88. The fourth-order valence-corrected chi connectivity index (χ4v) is 2.96. The zero-order valence-corrected chi connectivity index (χ0v) is 12.2. The fourth-order valence-electron chi connectivity index (χ4n) is 2.96. The Morgan fingerprint density at radius 3 is 2.80 bits per heavy atom. The molecule has 3 rings (SSSR count). The van der Waals surface area contributed by atoms with Crippen molar-refractivity contribution in [1.29, 1.82) is 0 Å². The maximum Gasteiger partial charge on any atom is 0.122 e. The SMILES string of the molecule is Cn1ccnc1CN1CCNC(C)(c2ccccc2)C1. The van der Waals surface area contributed by atoms with E-state index in [1.54, 1.807) is 0 Å². The molecule has 1 aromatic carbocycles. The first kappa shape index (κ1) is 13.3. The highest BCUT2D eigenvalue weighted by atomic mass is 15.2. The van der Waals surface area contributed by atoms with Gasteiger partial charge in [-0.1, -0.05) is 30.3 Å². The van der Waals surface area contributed by atoms with Crippen LogP contribution in [0.5, 0.6) is 0 Å². The van der Waals surface area contributed by atoms with Gasteiger partial charge >= 0.3 is 0 Å². The molecule has 2 heterocycles. The van der Waals surface area contributed by atoms with Crippen molar-refractivity contribution in [2.75, 3.05) is 19.6 Å². The lowest BCUT2D eigenvalue weighted by atomic mass is 9.89. The average Bonchev–Trinajstić information content (AvgIpc) is 2.85. The van der Waals surface area contributed by atoms with Crippen LogP contribution in [0.1, 0.15) is 18.3 Å². The van der Waals surface area contributed by atoms with E-state index in [2.05, 4.69) is 64.1 Å². The number of aryl methyl sites for hydroxylation is 1. The van der Waals surface area contributed by atoms with Crippen molar-refractivity contribution < 1.29 is 0 Å². The molecule has 1 aliphatic heterocycles. The number of aromatic nitrogens is 2. The fraction of sp³-hybridized carbons (Fsp3) is 0.438. The van der Waals surface area contributed by atoms with E-state index in [0.717, 1.165) is 32.0 Å². The molecule has 1 N–H and O–H groups in total. The normalized spacial score (nSPS) is 23.9. The van der Waals surface area contributed by atoms with E-state index in [9.17, 15) is 0 Å². The van der Waals surface area contributed by atoms with Crippen LogP contribution in [0.2, 0.25) is 0 Å². The van der Waals surface area contributed by atoms with Gasteiger partial charge in [-0.05, 0) is 12.5 Å². The van der Waals surface area contributed by atoms with Gasteiger partial charge < -0.3 is 9.88 Å². The summed E-state index contributed by atoms with van der Waals surface area (Å²) in [6, 6.07) is 10.7. The third-order valence-corrected chi connectivity index (χ3v) is 4.18. The average molecular weight is 270 g/mol. The molecule has 0 saturated carbocycles. The first-order chi connectivity index (χ1) is 9.67. The predicted molar refractivity (Wildman–Crippen MR) is 80.3 cm³/mol. The number of hydrogen-bond acceptors (Lipinski definition) is 3. The molecule has 0 radical (unpaired) electrons. The van der Waals surface area contributed by atoms with Crippen LogP contribution < -0.4 is 5.32 Å². The van der Waals surface area contributed by atoms with E-state index >= 15 is 0 Å². The molecule has 0 spiro atoms. The van der Waals surface area contributed by atoms with Gasteiger partial charge in [0.2, 0.25) is 0 Å². The minimum absolute atomic E-state index is 0.0185. The third kappa shape index (κ3) is 2.62. The highest BCUT2D eigenvalue weighted by molar-refractivity contribution is 5.24. The second kappa shape index (κ2) is 5.38. The maximum atomic E-state index is 4.43. The van der Waals surface area contributed by atoms with E-state index in [-0.39, 0.29) is 5.54 Å². The summed E-state index contributed by atoms with van der Waals surface area (Å²) in [5.74, 6) is 1.13.